The van der Waals surface area contributed by atoms with Crippen molar-refractivity contribution in [1.82, 2.24) is 5.16 Å². The second-order valence-electron chi connectivity index (χ2n) is 6.13. The fourth-order valence-corrected chi connectivity index (χ4v) is 4.22. The zero-order chi connectivity index (χ0) is 21.7. The van der Waals surface area contributed by atoms with Crippen molar-refractivity contribution in [3.05, 3.63) is 48.0 Å². The molecule has 1 heterocycles. The number of sulfonamides is 1. The Morgan fingerprint density at radius 1 is 0.967 bits per heavy atom. The maximum atomic E-state index is 13.0. The second kappa shape index (κ2) is 9.06. The average molecular weight is 434 g/mol. The molecule has 1 N–H and O–H groups in total. The van der Waals surface area contributed by atoms with Gasteiger partial charge < -0.3 is 23.5 Å². The number of hydrogen-bond acceptors (Lipinski definition) is 8. The molecule has 0 aliphatic rings. The van der Waals surface area contributed by atoms with E-state index in [1.54, 1.807) is 32.4 Å². The van der Waals surface area contributed by atoms with Crippen LogP contribution in [-0.2, 0) is 21.4 Å². The van der Waals surface area contributed by atoms with Gasteiger partial charge in [-0.05, 0) is 29.8 Å². The van der Waals surface area contributed by atoms with Gasteiger partial charge in [-0.3, -0.25) is 4.72 Å². The van der Waals surface area contributed by atoms with Crippen molar-refractivity contribution in [3.63, 3.8) is 0 Å². The summed E-state index contributed by atoms with van der Waals surface area (Å²) < 4.78 is 54.6. The Labute approximate surface area is 174 Å². The topological polar surface area (TPSA) is 109 Å². The van der Waals surface area contributed by atoms with Gasteiger partial charge in [-0.15, -0.1) is 0 Å². The Hall–Kier alpha value is -3.24. The first-order valence-electron chi connectivity index (χ1n) is 8.80. The lowest BCUT2D eigenvalue weighted by molar-refractivity contribution is 0.185. The van der Waals surface area contributed by atoms with E-state index in [1.807, 2.05) is 6.07 Å². The van der Waals surface area contributed by atoms with Crippen LogP contribution in [0.15, 0.2) is 51.9 Å². The van der Waals surface area contributed by atoms with Crippen LogP contribution in [0.2, 0.25) is 0 Å². The largest absolute Gasteiger partial charge is 0.497 e. The predicted molar refractivity (Wildman–Crippen MR) is 110 cm³/mol. The number of nitrogens with one attached hydrogen (secondary N) is 1. The van der Waals surface area contributed by atoms with Gasteiger partial charge in [0.15, 0.2) is 16.5 Å². The van der Waals surface area contributed by atoms with E-state index in [0.717, 1.165) is 5.56 Å². The zero-order valence-corrected chi connectivity index (χ0v) is 17.8. The summed E-state index contributed by atoms with van der Waals surface area (Å²) in [6, 6.07) is 11.6. The summed E-state index contributed by atoms with van der Waals surface area (Å²) in [5, 5.41) is 3.84. The number of ether oxygens (including phenoxy) is 4. The third-order valence-electron chi connectivity index (χ3n) is 4.28. The van der Waals surface area contributed by atoms with E-state index in [4.69, 9.17) is 23.5 Å². The summed E-state index contributed by atoms with van der Waals surface area (Å²) in [6.07, 6.45) is 0. The number of hydrogen-bond donors (Lipinski definition) is 1. The normalized spacial score (nSPS) is 11.2. The van der Waals surface area contributed by atoms with Crippen LogP contribution in [0, 0.1) is 0 Å². The first-order valence-corrected chi connectivity index (χ1v) is 10.3. The lowest BCUT2D eigenvalue weighted by atomic mass is 10.1. The summed E-state index contributed by atoms with van der Waals surface area (Å²) >= 11 is 0. The fraction of sp³-hybridized carbons (Fsp3) is 0.250. The molecule has 3 aromatic rings. The minimum atomic E-state index is -4.07. The summed E-state index contributed by atoms with van der Waals surface area (Å²) in [7, 11) is 1.81. The maximum absolute atomic E-state index is 13.0. The fourth-order valence-electron chi connectivity index (χ4n) is 2.91. The molecule has 9 nitrogen and oxygen atoms in total. The Morgan fingerprint density at radius 2 is 1.67 bits per heavy atom. The van der Waals surface area contributed by atoms with Crippen molar-refractivity contribution < 1.29 is 31.9 Å². The van der Waals surface area contributed by atoms with E-state index in [9.17, 15) is 8.42 Å². The molecule has 2 aromatic carbocycles. The molecular weight excluding hydrogens is 412 g/mol. The number of anilines is 1. The van der Waals surface area contributed by atoms with E-state index in [-0.39, 0.29) is 22.2 Å². The number of aromatic nitrogens is 1. The molecule has 0 atom stereocenters. The lowest BCUT2D eigenvalue weighted by Gasteiger charge is -2.13. The van der Waals surface area contributed by atoms with Gasteiger partial charge in [-0.25, -0.2) is 8.42 Å². The minimum absolute atomic E-state index is 0.00384. The molecule has 0 radical (unpaired) electrons. The Bertz CT molecular complexity index is 1100. The standard InChI is InChI=1S/C20H22N2O7S/c1-25-12-13-8-9-14(26-2)10-15(13)18-11-19(21-29-18)22-30(23,24)20-16(27-3)6-5-7-17(20)28-4/h5-11H,12H2,1-4H3,(H,21,22). The Kier molecular flexibility index (Phi) is 6.48. The van der Waals surface area contributed by atoms with Crippen LogP contribution < -0.4 is 18.9 Å². The van der Waals surface area contributed by atoms with Crippen molar-refractivity contribution in [2.45, 2.75) is 11.5 Å². The van der Waals surface area contributed by atoms with Gasteiger partial charge in [0.2, 0.25) is 0 Å². The van der Waals surface area contributed by atoms with E-state index in [1.165, 1.54) is 32.4 Å². The molecule has 1 aromatic heterocycles. The molecule has 0 spiro atoms. The van der Waals surface area contributed by atoms with Crippen LogP contribution in [0.1, 0.15) is 5.56 Å². The van der Waals surface area contributed by atoms with Crippen LogP contribution in [0.4, 0.5) is 5.82 Å². The Balaban J connectivity index is 1.97. The quantitative estimate of drug-likeness (QED) is 0.546. The van der Waals surface area contributed by atoms with Crippen molar-refractivity contribution in [1.29, 1.82) is 0 Å². The van der Waals surface area contributed by atoms with Crippen molar-refractivity contribution in [3.8, 4) is 28.6 Å². The molecule has 3 rings (SSSR count). The van der Waals surface area contributed by atoms with Crippen LogP contribution in [-0.4, -0.2) is 42.0 Å². The SMILES string of the molecule is COCc1ccc(OC)cc1-c1cc(NS(=O)(=O)c2c(OC)cccc2OC)no1. The third-order valence-corrected chi connectivity index (χ3v) is 5.70. The Morgan fingerprint density at radius 3 is 2.27 bits per heavy atom. The predicted octanol–water partition coefficient (Wildman–Crippen LogP) is 3.31. The highest BCUT2D eigenvalue weighted by Gasteiger charge is 2.26. The summed E-state index contributed by atoms with van der Waals surface area (Å²) in [6.45, 7) is 0.333. The molecule has 30 heavy (non-hydrogen) atoms. The zero-order valence-electron chi connectivity index (χ0n) is 17.0. The van der Waals surface area contributed by atoms with Gasteiger partial charge in [0.25, 0.3) is 10.0 Å². The molecule has 0 saturated carbocycles. The van der Waals surface area contributed by atoms with Crippen LogP contribution in [0.5, 0.6) is 17.2 Å². The minimum Gasteiger partial charge on any atom is -0.497 e. The van der Waals surface area contributed by atoms with Gasteiger partial charge in [-0.2, -0.15) is 0 Å². The molecule has 10 heteroatoms. The maximum Gasteiger partial charge on any atom is 0.270 e. The molecule has 0 fully saturated rings. The number of benzene rings is 2. The highest BCUT2D eigenvalue weighted by Crippen LogP contribution is 2.35. The van der Waals surface area contributed by atoms with Crippen LogP contribution in [0.3, 0.4) is 0 Å². The van der Waals surface area contributed by atoms with Crippen molar-refractivity contribution in [2.75, 3.05) is 33.2 Å². The molecule has 0 bridgehead atoms. The summed E-state index contributed by atoms with van der Waals surface area (Å²) in [5.74, 6) is 1.25. The molecule has 0 aliphatic heterocycles. The van der Waals surface area contributed by atoms with Gasteiger partial charge in [0, 0.05) is 18.7 Å². The van der Waals surface area contributed by atoms with Crippen LogP contribution in [0.25, 0.3) is 11.3 Å². The molecule has 160 valence electrons. The van der Waals surface area contributed by atoms with E-state index >= 15 is 0 Å². The van der Waals surface area contributed by atoms with Crippen LogP contribution >= 0.6 is 0 Å². The van der Waals surface area contributed by atoms with Gasteiger partial charge >= 0.3 is 0 Å². The number of rotatable bonds is 9. The summed E-state index contributed by atoms with van der Waals surface area (Å²) in [4.78, 5) is -0.138. The average Bonchev–Trinajstić information content (AvgIpc) is 3.21. The van der Waals surface area contributed by atoms with Crippen molar-refractivity contribution in [2.24, 2.45) is 0 Å². The molecular formula is C20H22N2O7S. The molecule has 0 saturated heterocycles. The second-order valence-corrected chi connectivity index (χ2v) is 7.75. The van der Waals surface area contributed by atoms with E-state index in [0.29, 0.717) is 23.7 Å². The summed E-state index contributed by atoms with van der Waals surface area (Å²) in [5.41, 5.74) is 1.50. The smallest absolute Gasteiger partial charge is 0.270 e. The molecule has 0 unspecified atom stereocenters. The first-order chi connectivity index (χ1) is 14.4. The monoisotopic (exact) mass is 434 g/mol. The van der Waals surface area contributed by atoms with E-state index in [2.05, 4.69) is 9.88 Å². The van der Waals surface area contributed by atoms with E-state index < -0.39 is 10.0 Å². The lowest BCUT2D eigenvalue weighted by Crippen LogP contribution is -2.15. The molecule has 0 amide bonds. The highest BCUT2D eigenvalue weighted by atomic mass is 32.2. The molecule has 0 aliphatic carbocycles. The number of methoxy groups -OCH3 is 4. The van der Waals surface area contributed by atoms with Gasteiger partial charge in [0.1, 0.15) is 17.2 Å². The van der Waals surface area contributed by atoms with Crippen molar-refractivity contribution >= 4 is 15.8 Å². The van der Waals surface area contributed by atoms with Gasteiger partial charge in [-0.1, -0.05) is 17.3 Å². The van der Waals surface area contributed by atoms with Gasteiger partial charge in [0.05, 0.1) is 27.9 Å². The first kappa shape index (κ1) is 21.5. The number of nitrogens with zero attached hydrogens (tertiary/aromatic N) is 1. The highest BCUT2D eigenvalue weighted by molar-refractivity contribution is 7.93. The third kappa shape index (κ3) is 4.34.